The first-order valence-electron chi connectivity index (χ1n) is 3.93. The van der Waals surface area contributed by atoms with Crippen LogP contribution in [-0.4, -0.2) is 20.1 Å². The lowest BCUT2D eigenvalue weighted by Gasteiger charge is -2.02. The third-order valence-electron chi connectivity index (χ3n) is 1.65. The number of nitrogens with two attached hydrogens (primary N) is 1. The van der Waals surface area contributed by atoms with Crippen molar-refractivity contribution in [2.45, 2.75) is 4.90 Å². The number of carbonyl (C=O) groups is 1. The van der Waals surface area contributed by atoms with Crippen molar-refractivity contribution in [2.24, 2.45) is 5.84 Å². The van der Waals surface area contributed by atoms with Crippen molar-refractivity contribution in [3.05, 3.63) is 30.1 Å². The van der Waals surface area contributed by atoms with Crippen LogP contribution in [0.15, 0.2) is 29.2 Å². The molecule has 1 rings (SSSR count). The molecule has 0 saturated carbocycles. The Kier molecular flexibility index (Phi) is 3.38. The number of hydrogen-bond acceptors (Lipinski definition) is 4. The second-order valence-corrected chi connectivity index (χ2v) is 4.77. The topological polar surface area (TPSA) is 89.3 Å². The highest BCUT2D eigenvalue weighted by Gasteiger charge is 2.18. The molecule has 0 unspecified atom stereocenters. The van der Waals surface area contributed by atoms with Crippen LogP contribution >= 0.6 is 0 Å². The number of amides is 1. The fourth-order valence-corrected chi connectivity index (χ4v) is 2.09. The standard InChI is InChI=1S/C8H9FN2O3S/c9-6-1-3-7(4-2-6)15(13,14)5-8(12)11-10/h1-4H,5,10H2,(H,11,12). The van der Waals surface area contributed by atoms with Crippen LogP contribution in [0.5, 0.6) is 0 Å². The van der Waals surface area contributed by atoms with E-state index in [0.717, 1.165) is 24.3 Å². The Morgan fingerprint density at radius 3 is 2.33 bits per heavy atom. The van der Waals surface area contributed by atoms with Crippen molar-refractivity contribution in [2.75, 3.05) is 5.75 Å². The van der Waals surface area contributed by atoms with Gasteiger partial charge in [0.2, 0.25) is 5.91 Å². The zero-order chi connectivity index (χ0) is 11.5. The van der Waals surface area contributed by atoms with Gasteiger partial charge in [0, 0.05) is 0 Å². The molecular formula is C8H9FN2O3S. The van der Waals surface area contributed by atoms with Crippen LogP contribution in [-0.2, 0) is 14.6 Å². The zero-order valence-corrected chi connectivity index (χ0v) is 8.42. The maximum Gasteiger partial charge on any atom is 0.249 e. The molecule has 1 aromatic carbocycles. The predicted octanol–water partition coefficient (Wildman–Crippen LogP) is -0.411. The van der Waals surface area contributed by atoms with Crippen LogP contribution < -0.4 is 11.3 Å². The van der Waals surface area contributed by atoms with Gasteiger partial charge in [0.15, 0.2) is 9.84 Å². The van der Waals surface area contributed by atoms with E-state index in [9.17, 15) is 17.6 Å². The van der Waals surface area contributed by atoms with Gasteiger partial charge >= 0.3 is 0 Å². The lowest BCUT2D eigenvalue weighted by atomic mass is 10.4. The molecule has 5 nitrogen and oxygen atoms in total. The number of sulfone groups is 1. The minimum atomic E-state index is -3.75. The van der Waals surface area contributed by atoms with Crippen LogP contribution in [0, 0.1) is 5.82 Å². The first kappa shape index (κ1) is 11.6. The van der Waals surface area contributed by atoms with E-state index in [4.69, 9.17) is 5.84 Å². The van der Waals surface area contributed by atoms with E-state index in [1.54, 1.807) is 5.43 Å². The maximum absolute atomic E-state index is 12.5. The van der Waals surface area contributed by atoms with Crippen LogP contribution in [0.3, 0.4) is 0 Å². The normalized spacial score (nSPS) is 11.1. The van der Waals surface area contributed by atoms with E-state index in [2.05, 4.69) is 0 Å². The summed E-state index contributed by atoms with van der Waals surface area (Å²) in [5.41, 5.74) is 1.71. The Morgan fingerprint density at radius 1 is 1.33 bits per heavy atom. The number of hydrazine groups is 1. The van der Waals surface area contributed by atoms with E-state index in [1.807, 2.05) is 0 Å². The number of halogens is 1. The number of carbonyl (C=O) groups excluding carboxylic acids is 1. The molecule has 1 aromatic rings. The molecule has 0 aliphatic carbocycles. The highest BCUT2D eigenvalue weighted by molar-refractivity contribution is 7.92. The highest BCUT2D eigenvalue weighted by Crippen LogP contribution is 2.11. The van der Waals surface area contributed by atoms with Crippen molar-refractivity contribution < 1.29 is 17.6 Å². The molecule has 0 fully saturated rings. The summed E-state index contributed by atoms with van der Waals surface area (Å²) >= 11 is 0. The average Bonchev–Trinajstić information content (AvgIpc) is 2.17. The van der Waals surface area contributed by atoms with Crippen LogP contribution in [0.1, 0.15) is 0 Å². The van der Waals surface area contributed by atoms with E-state index in [-0.39, 0.29) is 4.90 Å². The Bertz CT molecular complexity index is 455. The molecular weight excluding hydrogens is 223 g/mol. The van der Waals surface area contributed by atoms with Gasteiger partial charge in [0.25, 0.3) is 0 Å². The molecule has 0 aliphatic heterocycles. The van der Waals surface area contributed by atoms with Gasteiger partial charge in [-0.05, 0) is 24.3 Å². The summed E-state index contributed by atoms with van der Waals surface area (Å²) in [5.74, 6) is 2.64. The Morgan fingerprint density at radius 2 is 1.87 bits per heavy atom. The van der Waals surface area contributed by atoms with Crippen molar-refractivity contribution >= 4 is 15.7 Å². The van der Waals surface area contributed by atoms with Gasteiger partial charge in [-0.15, -0.1) is 0 Å². The van der Waals surface area contributed by atoms with Gasteiger partial charge < -0.3 is 0 Å². The monoisotopic (exact) mass is 232 g/mol. The summed E-state index contributed by atoms with van der Waals surface area (Å²) in [6.45, 7) is 0. The molecule has 0 radical (unpaired) electrons. The molecule has 7 heteroatoms. The van der Waals surface area contributed by atoms with Crippen molar-refractivity contribution in [3.8, 4) is 0 Å². The summed E-state index contributed by atoms with van der Waals surface area (Å²) in [6, 6.07) is 4.20. The second kappa shape index (κ2) is 4.37. The van der Waals surface area contributed by atoms with Gasteiger partial charge in [-0.3, -0.25) is 10.2 Å². The molecule has 82 valence electrons. The van der Waals surface area contributed by atoms with Crippen molar-refractivity contribution in [1.82, 2.24) is 5.43 Å². The van der Waals surface area contributed by atoms with Gasteiger partial charge in [-0.2, -0.15) is 0 Å². The molecule has 15 heavy (non-hydrogen) atoms. The molecule has 3 N–H and O–H groups in total. The summed E-state index contributed by atoms with van der Waals surface area (Å²) in [7, 11) is -3.75. The molecule has 0 atom stereocenters. The predicted molar refractivity (Wildman–Crippen MR) is 50.8 cm³/mol. The maximum atomic E-state index is 12.5. The Labute approximate surface area is 86.0 Å². The van der Waals surface area contributed by atoms with Gasteiger partial charge in [0.1, 0.15) is 11.6 Å². The molecule has 0 saturated heterocycles. The SMILES string of the molecule is NNC(=O)CS(=O)(=O)c1ccc(F)cc1. The number of rotatable bonds is 3. The Hall–Kier alpha value is -1.47. The molecule has 0 bridgehead atoms. The first-order valence-corrected chi connectivity index (χ1v) is 5.59. The largest absolute Gasteiger partial charge is 0.293 e. The van der Waals surface area contributed by atoms with Crippen LogP contribution in [0.2, 0.25) is 0 Å². The fraction of sp³-hybridized carbons (Fsp3) is 0.125. The molecule has 0 spiro atoms. The third-order valence-corrected chi connectivity index (χ3v) is 3.29. The van der Waals surface area contributed by atoms with E-state index in [0.29, 0.717) is 0 Å². The number of hydrogen-bond donors (Lipinski definition) is 2. The second-order valence-electron chi connectivity index (χ2n) is 2.78. The number of nitrogens with one attached hydrogen (secondary N) is 1. The van der Waals surface area contributed by atoms with Crippen LogP contribution in [0.25, 0.3) is 0 Å². The third kappa shape index (κ3) is 3.00. The highest BCUT2D eigenvalue weighted by atomic mass is 32.2. The summed E-state index contributed by atoms with van der Waals surface area (Å²) in [5, 5.41) is 0. The minimum absolute atomic E-state index is 0.118. The fourth-order valence-electron chi connectivity index (χ4n) is 0.940. The van der Waals surface area contributed by atoms with Gasteiger partial charge in [-0.1, -0.05) is 0 Å². The van der Waals surface area contributed by atoms with Crippen molar-refractivity contribution in [3.63, 3.8) is 0 Å². The summed E-state index contributed by atoms with van der Waals surface area (Å²) < 4.78 is 35.5. The van der Waals surface area contributed by atoms with E-state index in [1.165, 1.54) is 0 Å². The molecule has 0 aromatic heterocycles. The number of benzene rings is 1. The van der Waals surface area contributed by atoms with Crippen LogP contribution in [0.4, 0.5) is 4.39 Å². The van der Waals surface area contributed by atoms with Gasteiger partial charge in [0.05, 0.1) is 4.90 Å². The van der Waals surface area contributed by atoms with E-state index >= 15 is 0 Å². The summed E-state index contributed by atoms with van der Waals surface area (Å²) in [4.78, 5) is 10.7. The summed E-state index contributed by atoms with van der Waals surface area (Å²) in [6.07, 6.45) is 0. The molecule has 1 amide bonds. The van der Waals surface area contributed by atoms with Crippen molar-refractivity contribution in [1.29, 1.82) is 0 Å². The zero-order valence-electron chi connectivity index (χ0n) is 7.60. The first-order chi connectivity index (χ1) is 6.95. The quantitative estimate of drug-likeness (QED) is 0.321. The molecule has 0 heterocycles. The minimum Gasteiger partial charge on any atom is -0.293 e. The smallest absolute Gasteiger partial charge is 0.249 e. The average molecular weight is 232 g/mol. The van der Waals surface area contributed by atoms with Gasteiger partial charge in [-0.25, -0.2) is 18.7 Å². The lowest BCUT2D eigenvalue weighted by molar-refractivity contribution is -0.118. The molecule has 0 aliphatic rings. The van der Waals surface area contributed by atoms with E-state index < -0.39 is 27.3 Å². The Balaban J connectivity index is 2.96. The lowest BCUT2D eigenvalue weighted by Crippen LogP contribution is -2.35.